The minimum absolute atomic E-state index is 0.121. The Kier molecular flexibility index (Phi) is 2.65. The van der Waals surface area contributed by atoms with Gasteiger partial charge in [0, 0.05) is 7.05 Å². The molecule has 1 fully saturated rings. The van der Waals surface area contributed by atoms with Gasteiger partial charge in [-0.1, -0.05) is 12.1 Å². The maximum Gasteiger partial charge on any atom is 0.252 e. The molecule has 1 atom stereocenters. The van der Waals surface area contributed by atoms with Crippen LogP contribution >= 0.6 is 0 Å². The van der Waals surface area contributed by atoms with Crippen molar-refractivity contribution in [2.45, 2.75) is 5.25 Å². The highest BCUT2D eigenvalue weighted by Crippen LogP contribution is 2.27. The lowest BCUT2D eigenvalue weighted by Gasteiger charge is -2.20. The number of benzene rings is 1. The molecule has 0 saturated carbocycles. The third-order valence-electron chi connectivity index (χ3n) is 3.25. The molecule has 0 aliphatic carbocycles. The topological polar surface area (TPSA) is 98.1 Å². The maximum absolute atomic E-state index is 12.1. The maximum atomic E-state index is 12.1. The SMILES string of the molecule is Cn1c(C2C(=O)NC(=O)CS2(=O)=O)nc2ccccc21. The zero-order chi connectivity index (χ0) is 14.5. The number of fused-ring (bicyclic) bond motifs is 1. The van der Waals surface area contributed by atoms with Crippen LogP contribution in [-0.2, 0) is 26.5 Å². The Hall–Kier alpha value is -2.22. The van der Waals surface area contributed by atoms with Crippen molar-refractivity contribution in [3.05, 3.63) is 30.1 Å². The summed E-state index contributed by atoms with van der Waals surface area (Å²) < 4.78 is 25.8. The second kappa shape index (κ2) is 4.14. The van der Waals surface area contributed by atoms with Crippen LogP contribution < -0.4 is 5.32 Å². The standard InChI is InChI=1S/C12H11N3O4S/c1-15-8-5-3-2-4-7(8)13-11(15)10-12(17)14-9(16)6-20(10,18)19/h2-5,10H,6H2,1H3,(H,14,16,17). The molecule has 7 nitrogen and oxygen atoms in total. The second-order valence-corrected chi connectivity index (χ2v) is 6.70. The summed E-state index contributed by atoms with van der Waals surface area (Å²) >= 11 is 0. The Morgan fingerprint density at radius 3 is 2.65 bits per heavy atom. The average Bonchev–Trinajstić information content (AvgIpc) is 2.65. The first-order valence-corrected chi connectivity index (χ1v) is 7.58. The van der Waals surface area contributed by atoms with Crippen LogP contribution in [0.4, 0.5) is 0 Å². The van der Waals surface area contributed by atoms with Gasteiger partial charge in [-0.2, -0.15) is 0 Å². The number of hydrogen-bond acceptors (Lipinski definition) is 5. The summed E-state index contributed by atoms with van der Waals surface area (Å²) in [5, 5.41) is 0.598. The summed E-state index contributed by atoms with van der Waals surface area (Å²) in [6.45, 7) is 0. The molecule has 2 amide bonds. The van der Waals surface area contributed by atoms with Gasteiger partial charge in [-0.05, 0) is 12.1 Å². The van der Waals surface area contributed by atoms with Gasteiger partial charge in [-0.25, -0.2) is 13.4 Å². The number of nitrogens with zero attached hydrogens (tertiary/aromatic N) is 2. The van der Waals surface area contributed by atoms with Gasteiger partial charge in [0.05, 0.1) is 11.0 Å². The number of imide groups is 1. The molecule has 1 aliphatic rings. The third-order valence-corrected chi connectivity index (χ3v) is 5.06. The molecule has 20 heavy (non-hydrogen) atoms. The Balaban J connectivity index is 2.22. The lowest BCUT2D eigenvalue weighted by molar-refractivity contribution is -0.129. The van der Waals surface area contributed by atoms with Crippen molar-refractivity contribution in [2.24, 2.45) is 7.05 Å². The van der Waals surface area contributed by atoms with Crippen molar-refractivity contribution in [3.63, 3.8) is 0 Å². The number of imidazole rings is 1. The number of nitrogens with one attached hydrogen (secondary N) is 1. The van der Waals surface area contributed by atoms with Crippen LogP contribution in [0, 0.1) is 0 Å². The van der Waals surface area contributed by atoms with Crippen molar-refractivity contribution >= 4 is 32.7 Å². The van der Waals surface area contributed by atoms with Crippen LogP contribution in [0.15, 0.2) is 24.3 Å². The van der Waals surface area contributed by atoms with E-state index in [0.717, 1.165) is 5.52 Å². The molecule has 2 aromatic rings. The predicted molar refractivity (Wildman–Crippen MR) is 70.4 cm³/mol. The van der Waals surface area contributed by atoms with Crippen molar-refractivity contribution < 1.29 is 18.0 Å². The Labute approximate surface area is 114 Å². The van der Waals surface area contributed by atoms with E-state index in [0.29, 0.717) is 5.52 Å². The Morgan fingerprint density at radius 1 is 1.30 bits per heavy atom. The number of aromatic nitrogens is 2. The predicted octanol–water partition coefficient (Wildman–Crippen LogP) is -0.314. The van der Waals surface area contributed by atoms with Gasteiger partial charge in [0.25, 0.3) is 5.91 Å². The van der Waals surface area contributed by atoms with E-state index in [1.54, 1.807) is 35.9 Å². The van der Waals surface area contributed by atoms with Crippen LogP contribution in [-0.4, -0.2) is 35.5 Å². The molecule has 2 heterocycles. The number of amides is 2. The molecule has 104 valence electrons. The van der Waals surface area contributed by atoms with Gasteiger partial charge in [0.15, 0.2) is 15.1 Å². The molecule has 0 bridgehead atoms. The van der Waals surface area contributed by atoms with E-state index >= 15 is 0 Å². The second-order valence-electron chi connectivity index (χ2n) is 4.62. The summed E-state index contributed by atoms with van der Waals surface area (Å²) in [5.41, 5.74) is 1.33. The summed E-state index contributed by atoms with van der Waals surface area (Å²) in [5.74, 6) is -2.23. The Bertz CT molecular complexity index is 838. The molecule has 1 unspecified atom stereocenters. The zero-order valence-corrected chi connectivity index (χ0v) is 11.3. The minimum Gasteiger partial charge on any atom is -0.330 e. The smallest absolute Gasteiger partial charge is 0.252 e. The minimum atomic E-state index is -3.89. The van der Waals surface area contributed by atoms with Crippen LogP contribution in [0.1, 0.15) is 11.1 Å². The van der Waals surface area contributed by atoms with E-state index in [9.17, 15) is 18.0 Å². The van der Waals surface area contributed by atoms with Crippen molar-refractivity contribution in [2.75, 3.05) is 5.75 Å². The number of carbonyl (C=O) groups is 2. The zero-order valence-electron chi connectivity index (χ0n) is 10.5. The number of para-hydroxylation sites is 2. The fourth-order valence-electron chi connectivity index (χ4n) is 2.34. The van der Waals surface area contributed by atoms with Crippen LogP contribution in [0.25, 0.3) is 11.0 Å². The van der Waals surface area contributed by atoms with Crippen LogP contribution in [0.5, 0.6) is 0 Å². The number of aryl methyl sites for hydroxylation is 1. The fraction of sp³-hybridized carbons (Fsp3) is 0.250. The van der Waals surface area contributed by atoms with Crippen LogP contribution in [0.2, 0.25) is 0 Å². The number of rotatable bonds is 1. The van der Waals surface area contributed by atoms with Crippen molar-refractivity contribution in [3.8, 4) is 0 Å². The van der Waals surface area contributed by atoms with Crippen LogP contribution in [0.3, 0.4) is 0 Å². The molecule has 1 aromatic heterocycles. The average molecular weight is 293 g/mol. The van der Waals surface area contributed by atoms with Gasteiger partial charge in [-0.3, -0.25) is 14.9 Å². The Morgan fingerprint density at radius 2 is 2.00 bits per heavy atom. The summed E-state index contributed by atoms with van der Waals surface area (Å²) in [7, 11) is -2.25. The fourth-order valence-corrected chi connectivity index (χ4v) is 3.87. The molecular weight excluding hydrogens is 282 g/mol. The normalized spacial score (nSPS) is 21.9. The molecule has 8 heteroatoms. The molecule has 1 aliphatic heterocycles. The van der Waals surface area contributed by atoms with E-state index in [-0.39, 0.29) is 5.82 Å². The van der Waals surface area contributed by atoms with Crippen molar-refractivity contribution in [1.29, 1.82) is 0 Å². The third kappa shape index (κ3) is 1.80. The van der Waals surface area contributed by atoms with E-state index in [1.807, 2.05) is 5.32 Å². The largest absolute Gasteiger partial charge is 0.330 e. The monoisotopic (exact) mass is 293 g/mol. The molecule has 0 spiro atoms. The van der Waals surface area contributed by atoms with Gasteiger partial charge < -0.3 is 4.57 Å². The molecule has 3 rings (SSSR count). The van der Waals surface area contributed by atoms with Gasteiger partial charge in [-0.15, -0.1) is 0 Å². The van der Waals surface area contributed by atoms with Gasteiger partial charge in [0.1, 0.15) is 11.6 Å². The van der Waals surface area contributed by atoms with E-state index in [4.69, 9.17) is 0 Å². The first-order valence-electron chi connectivity index (χ1n) is 5.87. The molecular formula is C12H11N3O4S. The lowest BCUT2D eigenvalue weighted by atomic mass is 10.3. The van der Waals surface area contributed by atoms with E-state index in [2.05, 4.69) is 4.98 Å². The molecule has 1 aromatic carbocycles. The van der Waals surface area contributed by atoms with Gasteiger partial charge >= 0.3 is 0 Å². The number of hydrogen-bond donors (Lipinski definition) is 1. The first-order chi connectivity index (χ1) is 9.40. The lowest BCUT2D eigenvalue weighted by Crippen LogP contribution is -2.48. The van der Waals surface area contributed by atoms with E-state index < -0.39 is 32.7 Å². The summed E-state index contributed by atoms with van der Waals surface area (Å²) in [4.78, 5) is 27.3. The van der Waals surface area contributed by atoms with Crippen molar-refractivity contribution in [1.82, 2.24) is 14.9 Å². The highest BCUT2D eigenvalue weighted by Gasteiger charge is 2.43. The molecule has 1 saturated heterocycles. The highest BCUT2D eigenvalue weighted by atomic mass is 32.2. The summed E-state index contributed by atoms with van der Waals surface area (Å²) in [6, 6.07) is 7.09. The quantitative estimate of drug-likeness (QED) is 0.727. The first kappa shape index (κ1) is 12.8. The number of sulfone groups is 1. The highest BCUT2D eigenvalue weighted by molar-refractivity contribution is 7.93. The van der Waals surface area contributed by atoms with E-state index in [1.165, 1.54) is 0 Å². The number of carbonyl (C=O) groups excluding carboxylic acids is 2. The summed E-state index contributed by atoms with van der Waals surface area (Å²) in [6.07, 6.45) is 0. The molecule has 1 N–H and O–H groups in total. The molecule has 0 radical (unpaired) electrons. The van der Waals surface area contributed by atoms with Gasteiger partial charge in [0.2, 0.25) is 5.91 Å².